The zero-order valence-corrected chi connectivity index (χ0v) is 12.3. The average molecular weight is 317 g/mol. The van der Waals surface area contributed by atoms with E-state index in [0.717, 1.165) is 22.3 Å². The smallest absolute Gasteiger partial charge is 0.336 e. The van der Waals surface area contributed by atoms with E-state index in [2.05, 4.69) is 4.72 Å². The molecule has 0 radical (unpaired) electrons. The molecular weight excluding hydrogens is 306 g/mol. The number of hydrogen-bond donors (Lipinski definition) is 2. The van der Waals surface area contributed by atoms with Crippen LogP contribution >= 0.6 is 22.7 Å². The van der Waals surface area contributed by atoms with E-state index in [9.17, 15) is 13.2 Å². The van der Waals surface area contributed by atoms with Crippen molar-refractivity contribution in [2.45, 2.75) is 17.2 Å². The molecule has 0 aromatic carbocycles. The lowest BCUT2D eigenvalue weighted by Gasteiger charge is -2.11. The monoisotopic (exact) mass is 317 g/mol. The van der Waals surface area contributed by atoms with E-state index >= 15 is 0 Å². The summed E-state index contributed by atoms with van der Waals surface area (Å²) in [5.41, 5.74) is -0.0193. The first-order chi connectivity index (χ1) is 8.90. The number of hydrogen-bond acceptors (Lipinski definition) is 5. The molecule has 0 aliphatic heterocycles. The third kappa shape index (κ3) is 3.21. The fourth-order valence-corrected chi connectivity index (χ4v) is 4.66. The van der Waals surface area contributed by atoms with Crippen molar-refractivity contribution < 1.29 is 18.3 Å². The van der Waals surface area contributed by atoms with Crippen LogP contribution in [0, 0.1) is 0 Å². The topological polar surface area (TPSA) is 83.5 Å². The average Bonchev–Trinajstić information content (AvgIpc) is 3.00. The lowest BCUT2D eigenvalue weighted by molar-refractivity contribution is 0.0697. The molecule has 0 fully saturated rings. The second kappa shape index (κ2) is 5.41. The van der Waals surface area contributed by atoms with Gasteiger partial charge in [0.25, 0.3) is 10.0 Å². The van der Waals surface area contributed by atoms with E-state index in [1.807, 2.05) is 17.5 Å². The lowest BCUT2D eigenvalue weighted by atomic mass is 10.3. The van der Waals surface area contributed by atoms with Gasteiger partial charge < -0.3 is 5.11 Å². The molecule has 1 unspecified atom stereocenters. The van der Waals surface area contributed by atoms with Crippen molar-refractivity contribution in [2.75, 3.05) is 0 Å². The van der Waals surface area contributed by atoms with Gasteiger partial charge in [0.05, 0.1) is 11.6 Å². The predicted octanol–water partition coefficient (Wildman–Crippen LogP) is 2.55. The van der Waals surface area contributed by atoms with E-state index in [1.165, 1.54) is 16.7 Å². The van der Waals surface area contributed by atoms with Gasteiger partial charge in [-0.2, -0.15) is 0 Å². The number of thiophene rings is 2. The van der Waals surface area contributed by atoms with Crippen LogP contribution in [0.25, 0.3) is 0 Å². The Morgan fingerprint density at radius 3 is 2.68 bits per heavy atom. The largest absolute Gasteiger partial charge is 0.478 e. The summed E-state index contributed by atoms with van der Waals surface area (Å²) in [5.74, 6) is -1.14. The van der Waals surface area contributed by atoms with Crippen molar-refractivity contribution in [1.82, 2.24) is 4.72 Å². The molecule has 2 aromatic rings. The van der Waals surface area contributed by atoms with Crippen LogP contribution in [0.3, 0.4) is 0 Å². The first-order valence-electron chi connectivity index (χ1n) is 5.28. The Hall–Kier alpha value is -1.22. The molecule has 2 heterocycles. The maximum atomic E-state index is 12.1. The van der Waals surface area contributed by atoms with E-state index in [1.54, 1.807) is 6.92 Å². The number of rotatable bonds is 5. The molecule has 0 saturated heterocycles. The van der Waals surface area contributed by atoms with E-state index in [4.69, 9.17) is 5.11 Å². The van der Waals surface area contributed by atoms with Crippen LogP contribution in [-0.4, -0.2) is 19.5 Å². The second-order valence-electron chi connectivity index (χ2n) is 3.82. The van der Waals surface area contributed by atoms with E-state index < -0.39 is 16.0 Å². The third-order valence-electron chi connectivity index (χ3n) is 2.39. The molecule has 0 spiro atoms. The number of aromatic carboxylic acids is 1. The molecule has 2 rings (SSSR count). The summed E-state index contributed by atoms with van der Waals surface area (Å²) in [7, 11) is -3.69. The van der Waals surface area contributed by atoms with Crippen molar-refractivity contribution in [3.05, 3.63) is 39.4 Å². The molecule has 102 valence electrons. The summed E-state index contributed by atoms with van der Waals surface area (Å²) in [5, 5.41) is 12.0. The van der Waals surface area contributed by atoms with Crippen LogP contribution in [0.4, 0.5) is 0 Å². The summed E-state index contributed by atoms with van der Waals surface area (Å²) in [4.78, 5) is 11.6. The summed E-state index contributed by atoms with van der Waals surface area (Å²) < 4.78 is 26.7. The Bertz CT molecular complexity index is 673. The number of carbonyl (C=O) groups is 1. The first-order valence-corrected chi connectivity index (χ1v) is 8.52. The highest BCUT2D eigenvalue weighted by Crippen LogP contribution is 2.24. The molecule has 8 heteroatoms. The molecule has 0 aliphatic rings. The van der Waals surface area contributed by atoms with Crippen LogP contribution in [0.15, 0.2) is 33.2 Å². The van der Waals surface area contributed by atoms with Crippen molar-refractivity contribution >= 4 is 38.7 Å². The highest BCUT2D eigenvalue weighted by molar-refractivity contribution is 7.91. The normalized spacial score (nSPS) is 13.3. The number of carboxylic acids is 1. The first kappa shape index (κ1) is 14.2. The van der Waals surface area contributed by atoms with Crippen molar-refractivity contribution in [1.29, 1.82) is 0 Å². The fraction of sp³-hybridized carbons (Fsp3) is 0.182. The van der Waals surface area contributed by atoms with Crippen LogP contribution in [0.5, 0.6) is 0 Å². The maximum Gasteiger partial charge on any atom is 0.336 e. The minimum atomic E-state index is -3.69. The third-order valence-corrected chi connectivity index (χ3v) is 6.42. The molecular formula is C11H11NO4S3. The van der Waals surface area contributed by atoms with Crippen LogP contribution in [-0.2, 0) is 10.0 Å². The van der Waals surface area contributed by atoms with Crippen LogP contribution in [0.2, 0.25) is 0 Å². The van der Waals surface area contributed by atoms with E-state index in [0.29, 0.717) is 0 Å². The van der Waals surface area contributed by atoms with Gasteiger partial charge in [0.2, 0.25) is 0 Å². The van der Waals surface area contributed by atoms with Gasteiger partial charge in [0.15, 0.2) is 0 Å². The van der Waals surface area contributed by atoms with Gasteiger partial charge in [-0.25, -0.2) is 17.9 Å². The van der Waals surface area contributed by atoms with Gasteiger partial charge in [-0.3, -0.25) is 0 Å². The second-order valence-corrected chi connectivity index (χ2v) is 7.65. The standard InChI is InChI=1S/C11H11NO4S3/c1-7(9-3-2-4-17-9)12-19(15,16)10-5-8(6-18-10)11(13)14/h2-7,12H,1H3,(H,13,14). The van der Waals surface area contributed by atoms with Crippen molar-refractivity contribution in [3.8, 4) is 0 Å². The highest BCUT2D eigenvalue weighted by Gasteiger charge is 2.22. The van der Waals surface area contributed by atoms with E-state index in [-0.39, 0.29) is 15.8 Å². The van der Waals surface area contributed by atoms with Gasteiger partial charge in [0.1, 0.15) is 4.21 Å². The Kier molecular flexibility index (Phi) is 4.04. The number of carboxylic acid groups (broad SMARTS) is 1. The Balaban J connectivity index is 2.20. The summed E-state index contributed by atoms with van der Waals surface area (Å²) >= 11 is 2.36. The molecule has 2 aromatic heterocycles. The molecule has 1 atom stereocenters. The SMILES string of the molecule is CC(NS(=O)(=O)c1cc(C(=O)O)cs1)c1cccs1. The minimum Gasteiger partial charge on any atom is -0.478 e. The Morgan fingerprint density at radius 1 is 1.42 bits per heavy atom. The quantitative estimate of drug-likeness (QED) is 0.887. The number of nitrogens with one attached hydrogen (secondary N) is 1. The van der Waals surface area contributed by atoms with Crippen LogP contribution in [0.1, 0.15) is 28.2 Å². The van der Waals surface area contributed by atoms with Gasteiger partial charge in [0, 0.05) is 10.3 Å². The summed E-state index contributed by atoms with van der Waals surface area (Å²) in [6.07, 6.45) is 0. The summed E-state index contributed by atoms with van der Waals surface area (Å²) in [6.45, 7) is 1.75. The lowest BCUT2D eigenvalue weighted by Crippen LogP contribution is -2.25. The molecule has 5 nitrogen and oxygen atoms in total. The molecule has 0 saturated carbocycles. The Labute approximate surface area is 118 Å². The maximum absolute atomic E-state index is 12.1. The van der Waals surface area contributed by atoms with Gasteiger partial charge in [-0.05, 0) is 24.4 Å². The van der Waals surface area contributed by atoms with Gasteiger partial charge >= 0.3 is 5.97 Å². The highest BCUT2D eigenvalue weighted by atomic mass is 32.2. The molecule has 19 heavy (non-hydrogen) atoms. The van der Waals surface area contributed by atoms with Crippen LogP contribution < -0.4 is 4.72 Å². The van der Waals surface area contributed by atoms with Crippen molar-refractivity contribution in [3.63, 3.8) is 0 Å². The van der Waals surface area contributed by atoms with Gasteiger partial charge in [-0.1, -0.05) is 6.07 Å². The van der Waals surface area contributed by atoms with Crippen molar-refractivity contribution in [2.24, 2.45) is 0 Å². The van der Waals surface area contributed by atoms with Gasteiger partial charge in [-0.15, -0.1) is 22.7 Å². The zero-order chi connectivity index (χ0) is 14.0. The fourth-order valence-electron chi connectivity index (χ4n) is 1.46. The molecule has 0 amide bonds. The summed E-state index contributed by atoms with van der Waals surface area (Å²) in [6, 6.07) is 4.50. The predicted molar refractivity (Wildman–Crippen MR) is 74.3 cm³/mol. The zero-order valence-electron chi connectivity index (χ0n) is 9.86. The molecule has 2 N–H and O–H groups in total. The molecule has 0 bridgehead atoms. The molecule has 0 aliphatic carbocycles. The Morgan fingerprint density at radius 2 is 2.16 bits per heavy atom. The number of sulfonamides is 1. The minimum absolute atomic E-state index is 0.00769.